The molecule has 0 radical (unpaired) electrons. The van der Waals surface area contributed by atoms with Gasteiger partial charge in [0.2, 0.25) is 0 Å². The topological polar surface area (TPSA) is 49.0 Å². The van der Waals surface area contributed by atoms with E-state index in [-0.39, 0.29) is 6.04 Å². The molecule has 0 spiro atoms. The van der Waals surface area contributed by atoms with Gasteiger partial charge in [-0.2, -0.15) is 5.26 Å². The van der Waals surface area contributed by atoms with Crippen molar-refractivity contribution < 1.29 is 4.42 Å². The van der Waals surface area contributed by atoms with Gasteiger partial charge in [-0.1, -0.05) is 0 Å². The van der Waals surface area contributed by atoms with Crippen LogP contribution in [0.3, 0.4) is 0 Å². The van der Waals surface area contributed by atoms with Crippen molar-refractivity contribution in [3.8, 4) is 6.07 Å². The molecule has 0 saturated carbocycles. The molecule has 3 heteroatoms. The first-order chi connectivity index (χ1) is 5.84. The fourth-order valence-electron chi connectivity index (χ4n) is 0.983. The van der Waals surface area contributed by atoms with E-state index in [0.29, 0.717) is 13.0 Å². The van der Waals surface area contributed by atoms with Crippen LogP contribution in [-0.2, 0) is 0 Å². The quantitative estimate of drug-likeness (QED) is 0.691. The van der Waals surface area contributed by atoms with E-state index in [1.54, 1.807) is 6.26 Å². The Balaban J connectivity index is 2.30. The van der Waals surface area contributed by atoms with Gasteiger partial charge in [-0.25, -0.2) is 0 Å². The summed E-state index contributed by atoms with van der Waals surface area (Å²) in [6, 6.07) is 6.04. The van der Waals surface area contributed by atoms with Crippen LogP contribution in [0, 0.1) is 11.3 Å². The predicted octanol–water partition coefficient (Wildman–Crippen LogP) is 1.84. The highest BCUT2D eigenvalue weighted by molar-refractivity contribution is 5.02. The Labute approximate surface area is 72.0 Å². The van der Waals surface area contributed by atoms with Gasteiger partial charge in [-0.15, -0.1) is 0 Å². The van der Waals surface area contributed by atoms with Gasteiger partial charge in [-0.3, -0.25) is 0 Å². The average Bonchev–Trinajstić information content (AvgIpc) is 2.56. The Morgan fingerprint density at radius 2 is 2.58 bits per heavy atom. The number of hydrogen-bond acceptors (Lipinski definition) is 3. The highest BCUT2D eigenvalue weighted by atomic mass is 16.3. The second kappa shape index (κ2) is 4.58. The molecule has 0 aliphatic carbocycles. The van der Waals surface area contributed by atoms with E-state index in [2.05, 4.69) is 11.4 Å². The van der Waals surface area contributed by atoms with Gasteiger partial charge in [-0.05, 0) is 19.1 Å². The van der Waals surface area contributed by atoms with E-state index in [0.717, 1.165) is 5.76 Å². The third kappa shape index (κ3) is 2.40. The lowest BCUT2D eigenvalue weighted by atomic mass is 10.2. The molecule has 0 aliphatic rings. The van der Waals surface area contributed by atoms with E-state index in [4.69, 9.17) is 9.68 Å². The molecule has 12 heavy (non-hydrogen) atoms. The maximum Gasteiger partial charge on any atom is 0.120 e. The summed E-state index contributed by atoms with van der Waals surface area (Å²) in [5.41, 5.74) is 0. The number of nitrogens with zero attached hydrogens (tertiary/aromatic N) is 1. The number of nitriles is 1. The molecular formula is C9H12N2O. The Morgan fingerprint density at radius 1 is 1.75 bits per heavy atom. The summed E-state index contributed by atoms with van der Waals surface area (Å²) in [4.78, 5) is 0. The number of nitrogens with one attached hydrogen (secondary N) is 1. The summed E-state index contributed by atoms with van der Waals surface area (Å²) < 4.78 is 5.18. The smallest absolute Gasteiger partial charge is 0.120 e. The third-order valence-electron chi connectivity index (χ3n) is 1.66. The first-order valence-electron chi connectivity index (χ1n) is 3.98. The minimum atomic E-state index is 0.188. The fraction of sp³-hybridized carbons (Fsp3) is 0.444. The van der Waals surface area contributed by atoms with Crippen molar-refractivity contribution >= 4 is 0 Å². The van der Waals surface area contributed by atoms with E-state index >= 15 is 0 Å². The molecule has 0 unspecified atom stereocenters. The third-order valence-corrected chi connectivity index (χ3v) is 1.66. The maximum atomic E-state index is 8.30. The molecular weight excluding hydrogens is 152 g/mol. The van der Waals surface area contributed by atoms with Gasteiger partial charge in [0, 0.05) is 13.0 Å². The van der Waals surface area contributed by atoms with Crippen molar-refractivity contribution in [1.29, 1.82) is 5.26 Å². The van der Waals surface area contributed by atoms with Crippen LogP contribution < -0.4 is 5.32 Å². The van der Waals surface area contributed by atoms with Crippen molar-refractivity contribution in [2.24, 2.45) is 0 Å². The molecule has 1 rings (SSSR count). The molecule has 1 atom stereocenters. The summed E-state index contributed by atoms with van der Waals surface area (Å²) in [6.45, 7) is 2.72. The second-order valence-electron chi connectivity index (χ2n) is 2.60. The van der Waals surface area contributed by atoms with Gasteiger partial charge in [0.05, 0.1) is 18.4 Å². The molecule has 0 amide bonds. The van der Waals surface area contributed by atoms with Crippen molar-refractivity contribution in [2.45, 2.75) is 19.4 Å². The molecule has 1 heterocycles. The first kappa shape index (κ1) is 8.82. The zero-order valence-electron chi connectivity index (χ0n) is 7.08. The van der Waals surface area contributed by atoms with Gasteiger partial charge >= 0.3 is 0 Å². The Hall–Kier alpha value is -1.27. The number of rotatable bonds is 4. The lowest BCUT2D eigenvalue weighted by Gasteiger charge is -2.08. The molecule has 3 nitrogen and oxygen atoms in total. The van der Waals surface area contributed by atoms with E-state index in [1.165, 1.54) is 0 Å². The zero-order chi connectivity index (χ0) is 8.81. The van der Waals surface area contributed by atoms with Crippen LogP contribution in [0.25, 0.3) is 0 Å². The fourth-order valence-corrected chi connectivity index (χ4v) is 0.983. The standard InChI is InChI=1S/C9H12N2O/c1-8(11-6-3-5-10)9-4-2-7-12-9/h2,4,7-8,11H,3,6H2,1H3/t8-/m1/s1. The van der Waals surface area contributed by atoms with Crippen LogP contribution in [0.15, 0.2) is 22.8 Å². The molecule has 0 fully saturated rings. The summed E-state index contributed by atoms with van der Waals surface area (Å²) in [5.74, 6) is 0.910. The number of furan rings is 1. The summed E-state index contributed by atoms with van der Waals surface area (Å²) in [6.07, 6.45) is 2.18. The molecule has 0 aromatic carbocycles. The van der Waals surface area contributed by atoms with Crippen molar-refractivity contribution in [1.82, 2.24) is 5.32 Å². The van der Waals surface area contributed by atoms with Gasteiger partial charge in [0.15, 0.2) is 0 Å². The highest BCUT2D eigenvalue weighted by Gasteiger charge is 2.05. The Morgan fingerprint density at radius 3 is 3.17 bits per heavy atom. The normalized spacial score (nSPS) is 12.3. The first-order valence-corrected chi connectivity index (χ1v) is 3.98. The summed E-state index contributed by atoms with van der Waals surface area (Å²) in [5, 5.41) is 11.5. The van der Waals surface area contributed by atoms with E-state index in [1.807, 2.05) is 19.1 Å². The lowest BCUT2D eigenvalue weighted by Crippen LogP contribution is -2.18. The van der Waals surface area contributed by atoms with Gasteiger partial charge < -0.3 is 9.73 Å². The molecule has 64 valence electrons. The molecule has 1 aromatic rings. The van der Waals surface area contributed by atoms with Crippen LogP contribution in [0.1, 0.15) is 25.1 Å². The molecule has 0 bridgehead atoms. The summed E-state index contributed by atoms with van der Waals surface area (Å²) in [7, 11) is 0. The van der Waals surface area contributed by atoms with Gasteiger partial charge in [0.1, 0.15) is 5.76 Å². The van der Waals surface area contributed by atoms with Crippen LogP contribution in [-0.4, -0.2) is 6.54 Å². The predicted molar refractivity (Wildman–Crippen MR) is 45.4 cm³/mol. The molecule has 1 aromatic heterocycles. The molecule has 0 saturated heterocycles. The Kier molecular flexibility index (Phi) is 3.36. The van der Waals surface area contributed by atoms with Crippen LogP contribution in [0.4, 0.5) is 0 Å². The van der Waals surface area contributed by atoms with Crippen molar-refractivity contribution in [2.75, 3.05) is 6.54 Å². The zero-order valence-corrected chi connectivity index (χ0v) is 7.08. The largest absolute Gasteiger partial charge is 0.468 e. The minimum Gasteiger partial charge on any atom is -0.468 e. The molecule has 1 N–H and O–H groups in total. The lowest BCUT2D eigenvalue weighted by molar-refractivity contribution is 0.434. The van der Waals surface area contributed by atoms with Crippen LogP contribution >= 0.6 is 0 Å². The van der Waals surface area contributed by atoms with Crippen LogP contribution in [0.5, 0.6) is 0 Å². The number of hydrogen-bond donors (Lipinski definition) is 1. The van der Waals surface area contributed by atoms with Crippen LogP contribution in [0.2, 0.25) is 0 Å². The van der Waals surface area contributed by atoms with Crippen molar-refractivity contribution in [3.05, 3.63) is 24.2 Å². The van der Waals surface area contributed by atoms with Gasteiger partial charge in [0.25, 0.3) is 0 Å². The Bertz CT molecular complexity index is 248. The highest BCUT2D eigenvalue weighted by Crippen LogP contribution is 2.11. The second-order valence-corrected chi connectivity index (χ2v) is 2.60. The summed E-state index contributed by atoms with van der Waals surface area (Å²) >= 11 is 0. The monoisotopic (exact) mass is 164 g/mol. The molecule has 0 aliphatic heterocycles. The van der Waals surface area contributed by atoms with E-state index in [9.17, 15) is 0 Å². The minimum absolute atomic E-state index is 0.188. The van der Waals surface area contributed by atoms with Crippen molar-refractivity contribution in [3.63, 3.8) is 0 Å². The SMILES string of the molecule is C[C@@H](NCCC#N)c1ccco1. The average molecular weight is 164 g/mol. The van der Waals surface area contributed by atoms with E-state index < -0.39 is 0 Å². The maximum absolute atomic E-state index is 8.30.